The normalized spacial score (nSPS) is 52.4. The molecule has 0 aromatic rings. The maximum atomic E-state index is 13.1. The summed E-state index contributed by atoms with van der Waals surface area (Å²) in [4.78, 5) is 13.1. The molecule has 0 bridgehead atoms. The van der Waals surface area contributed by atoms with Crippen molar-refractivity contribution in [3.63, 3.8) is 0 Å². The molecule has 6 aliphatic rings. The summed E-state index contributed by atoms with van der Waals surface area (Å²) >= 11 is 0. The first-order valence-corrected chi connectivity index (χ1v) is 17.4. The van der Waals surface area contributed by atoms with Crippen LogP contribution < -0.4 is 5.73 Å². The van der Waals surface area contributed by atoms with Gasteiger partial charge in [-0.1, -0.05) is 48.0 Å². The third-order valence-corrected chi connectivity index (χ3v) is 15.6. The van der Waals surface area contributed by atoms with E-state index in [1.165, 1.54) is 25.7 Å². The number of hydrogen-bond donors (Lipinski definition) is 3. The van der Waals surface area contributed by atoms with E-state index in [4.69, 9.17) is 15.2 Å². The van der Waals surface area contributed by atoms with Crippen molar-refractivity contribution in [3.8, 4) is 0 Å². The van der Waals surface area contributed by atoms with Gasteiger partial charge in [-0.3, -0.25) is 4.79 Å². The van der Waals surface area contributed by atoms with Crippen LogP contribution in [-0.4, -0.2) is 51.7 Å². The highest BCUT2D eigenvalue weighted by Gasteiger charge is 2.83. The molecule has 1 heterocycles. The Bertz CT molecular complexity index is 1100. The van der Waals surface area contributed by atoms with Crippen LogP contribution in [0.1, 0.15) is 133 Å². The molecule has 240 valence electrons. The number of carbonyl (C=O) groups is 1. The molecule has 1 aliphatic heterocycles. The molecule has 5 aliphatic carbocycles. The van der Waals surface area contributed by atoms with Gasteiger partial charge in [-0.2, -0.15) is 0 Å². The van der Waals surface area contributed by atoms with Gasteiger partial charge in [0, 0.05) is 11.3 Å². The Hall–Kier alpha value is -0.690. The molecular weight excluding hydrogens is 526 g/mol. The minimum atomic E-state index is -0.875. The summed E-state index contributed by atoms with van der Waals surface area (Å²) in [6, 6.07) is -0.549. The van der Waals surface area contributed by atoms with Gasteiger partial charge in [0.15, 0.2) is 0 Å². The molecule has 13 unspecified atom stereocenters. The first-order chi connectivity index (χ1) is 19.3. The van der Waals surface area contributed by atoms with Crippen LogP contribution in [0.25, 0.3) is 0 Å². The SMILES string of the molecule is CCC(C)C(N)C(=O)OC1CCC23CC24CCC2(C)C(C5(C)CCC(C(C)(C)O)O5)C(O)CC2(C)C4CCC3C1(C)C. The van der Waals surface area contributed by atoms with Crippen molar-refractivity contribution in [2.75, 3.05) is 0 Å². The lowest BCUT2D eigenvalue weighted by Crippen LogP contribution is -2.59. The number of aliphatic hydroxyl groups is 2. The lowest BCUT2D eigenvalue weighted by molar-refractivity contribution is -0.200. The van der Waals surface area contributed by atoms with Crippen molar-refractivity contribution in [1.29, 1.82) is 0 Å². The zero-order chi connectivity index (χ0) is 30.9. The number of nitrogens with two attached hydrogens (primary N) is 1. The Morgan fingerprint density at radius 3 is 2.24 bits per heavy atom. The fraction of sp³-hybridized carbons (Fsp3) is 0.972. The number of hydrogen-bond acceptors (Lipinski definition) is 6. The predicted octanol–water partition coefficient (Wildman–Crippen LogP) is 6.39. The summed E-state index contributed by atoms with van der Waals surface area (Å²) in [6.07, 6.45) is 10.9. The van der Waals surface area contributed by atoms with E-state index in [1.54, 1.807) is 0 Å². The molecule has 0 aromatic carbocycles. The van der Waals surface area contributed by atoms with E-state index < -0.39 is 17.2 Å². The molecule has 1 saturated heterocycles. The zero-order valence-electron chi connectivity index (χ0n) is 28.1. The van der Waals surface area contributed by atoms with E-state index in [0.717, 1.165) is 44.9 Å². The molecule has 42 heavy (non-hydrogen) atoms. The summed E-state index contributed by atoms with van der Waals surface area (Å²) in [5.74, 6) is 1.13. The molecule has 13 atom stereocenters. The lowest BCUT2D eigenvalue weighted by atomic mass is 9.41. The van der Waals surface area contributed by atoms with Gasteiger partial charge in [0.1, 0.15) is 12.1 Å². The minimum absolute atomic E-state index is 0.00342. The van der Waals surface area contributed by atoms with Crippen LogP contribution in [0.2, 0.25) is 0 Å². The molecule has 2 spiro atoms. The molecule has 0 aromatic heterocycles. The van der Waals surface area contributed by atoms with Crippen LogP contribution >= 0.6 is 0 Å². The molecule has 0 radical (unpaired) electrons. The minimum Gasteiger partial charge on any atom is -0.461 e. The van der Waals surface area contributed by atoms with Crippen molar-refractivity contribution >= 4 is 5.97 Å². The van der Waals surface area contributed by atoms with Crippen LogP contribution in [0, 0.1) is 50.7 Å². The second-order valence-electron chi connectivity index (χ2n) is 18.1. The zero-order valence-corrected chi connectivity index (χ0v) is 28.1. The van der Waals surface area contributed by atoms with Crippen LogP contribution in [-0.2, 0) is 14.3 Å². The largest absolute Gasteiger partial charge is 0.461 e. The van der Waals surface area contributed by atoms with E-state index in [2.05, 4.69) is 41.5 Å². The van der Waals surface area contributed by atoms with Gasteiger partial charge >= 0.3 is 5.97 Å². The second-order valence-corrected chi connectivity index (χ2v) is 18.1. The summed E-state index contributed by atoms with van der Waals surface area (Å²) in [6.45, 7) is 19.8. The van der Waals surface area contributed by atoms with Crippen molar-refractivity contribution in [1.82, 2.24) is 0 Å². The lowest BCUT2D eigenvalue weighted by Gasteiger charge is -2.63. The van der Waals surface area contributed by atoms with Gasteiger partial charge in [-0.15, -0.1) is 0 Å². The molecule has 6 heteroatoms. The Balaban J connectivity index is 1.25. The molecule has 0 amide bonds. The first kappa shape index (κ1) is 31.3. The summed E-state index contributed by atoms with van der Waals surface area (Å²) in [5, 5.41) is 22.6. The van der Waals surface area contributed by atoms with E-state index in [-0.39, 0.29) is 52.4 Å². The van der Waals surface area contributed by atoms with Gasteiger partial charge in [0.25, 0.3) is 0 Å². The predicted molar refractivity (Wildman–Crippen MR) is 164 cm³/mol. The van der Waals surface area contributed by atoms with Gasteiger partial charge < -0.3 is 25.4 Å². The average Bonchev–Trinajstić information content (AvgIpc) is 3.29. The monoisotopic (exact) mass is 587 g/mol. The molecule has 6 nitrogen and oxygen atoms in total. The maximum absolute atomic E-state index is 13.1. The summed E-state index contributed by atoms with van der Waals surface area (Å²) in [7, 11) is 0. The molecule has 5 saturated carbocycles. The quantitative estimate of drug-likeness (QED) is 0.311. The molecule has 6 fully saturated rings. The summed E-state index contributed by atoms with van der Waals surface area (Å²) < 4.78 is 13.0. The third-order valence-electron chi connectivity index (χ3n) is 15.6. The van der Waals surface area contributed by atoms with Crippen molar-refractivity contribution in [2.45, 2.75) is 168 Å². The Kier molecular flexibility index (Phi) is 7.02. The molecule has 6 rings (SSSR count). The number of rotatable bonds is 6. The highest BCUT2D eigenvalue weighted by Crippen LogP contribution is 2.89. The van der Waals surface area contributed by atoms with Crippen molar-refractivity contribution in [2.24, 2.45) is 56.5 Å². The van der Waals surface area contributed by atoms with Gasteiger partial charge in [0.2, 0.25) is 0 Å². The second kappa shape index (κ2) is 9.42. The van der Waals surface area contributed by atoms with Crippen LogP contribution in [0.5, 0.6) is 0 Å². The van der Waals surface area contributed by atoms with Crippen molar-refractivity contribution < 1.29 is 24.5 Å². The van der Waals surface area contributed by atoms with Crippen LogP contribution in [0.3, 0.4) is 0 Å². The van der Waals surface area contributed by atoms with Crippen molar-refractivity contribution in [3.05, 3.63) is 0 Å². The van der Waals surface area contributed by atoms with Crippen LogP contribution in [0.4, 0.5) is 0 Å². The van der Waals surface area contributed by atoms with E-state index in [1.807, 2.05) is 20.8 Å². The van der Waals surface area contributed by atoms with Gasteiger partial charge in [0.05, 0.1) is 23.4 Å². The topological polar surface area (TPSA) is 102 Å². The number of ether oxygens (including phenoxy) is 2. The number of fused-ring (bicyclic) bond motifs is 2. The first-order valence-electron chi connectivity index (χ1n) is 17.4. The Labute approximate surface area is 255 Å². The molecule has 4 N–H and O–H groups in total. The van der Waals surface area contributed by atoms with Gasteiger partial charge in [-0.05, 0) is 124 Å². The number of aliphatic hydroxyl groups excluding tert-OH is 1. The maximum Gasteiger partial charge on any atom is 0.323 e. The van der Waals surface area contributed by atoms with E-state index >= 15 is 0 Å². The fourth-order valence-corrected chi connectivity index (χ4v) is 13.0. The Morgan fingerprint density at radius 1 is 0.976 bits per heavy atom. The third kappa shape index (κ3) is 3.92. The Morgan fingerprint density at radius 2 is 1.62 bits per heavy atom. The average molecular weight is 588 g/mol. The number of esters is 1. The van der Waals surface area contributed by atoms with E-state index in [0.29, 0.717) is 22.7 Å². The molecular formula is C36H61NO5. The fourth-order valence-electron chi connectivity index (χ4n) is 13.0. The standard InChI is InChI=1S/C36H61NO5/c1-10-21(2)27(37)29(39)41-25-14-16-35-20-36(35)18-17-32(7)28(34(9)15-13-26(42-34)31(5,6)40)22(38)19-33(32,8)24(36)12-11-23(35)30(25,3)4/h21-28,38,40H,10-20,37H2,1-9H3. The highest BCUT2D eigenvalue weighted by molar-refractivity contribution is 5.76. The summed E-state index contributed by atoms with van der Waals surface area (Å²) in [5.41, 5.74) is 5.65. The van der Waals surface area contributed by atoms with E-state index in [9.17, 15) is 15.0 Å². The smallest absolute Gasteiger partial charge is 0.323 e. The highest BCUT2D eigenvalue weighted by atomic mass is 16.5. The van der Waals surface area contributed by atoms with Gasteiger partial charge in [-0.25, -0.2) is 0 Å². The number of carbonyl (C=O) groups excluding carboxylic acids is 1. The van der Waals surface area contributed by atoms with Crippen LogP contribution in [0.15, 0.2) is 0 Å².